The van der Waals surface area contributed by atoms with Gasteiger partial charge in [0, 0.05) is 23.4 Å². The van der Waals surface area contributed by atoms with Crippen LogP contribution in [0.3, 0.4) is 0 Å². The van der Waals surface area contributed by atoms with Crippen molar-refractivity contribution in [3.05, 3.63) is 124 Å². The van der Waals surface area contributed by atoms with Crippen LogP contribution in [-0.4, -0.2) is 4.57 Å². The van der Waals surface area contributed by atoms with Gasteiger partial charge in [-0.15, -0.1) is 0 Å². The van der Waals surface area contributed by atoms with E-state index in [0.717, 1.165) is 28.5 Å². The number of rotatable bonds is 6. The van der Waals surface area contributed by atoms with Crippen LogP contribution in [0, 0.1) is 18.6 Å². The van der Waals surface area contributed by atoms with Crippen LogP contribution >= 0.6 is 0 Å². The van der Waals surface area contributed by atoms with Crippen LogP contribution in [0.2, 0.25) is 0 Å². The van der Waals surface area contributed by atoms with E-state index in [2.05, 4.69) is 12.1 Å². The summed E-state index contributed by atoms with van der Waals surface area (Å²) in [6.07, 6.45) is 0. The second-order valence-corrected chi connectivity index (χ2v) is 7.34. The fourth-order valence-electron chi connectivity index (χ4n) is 3.40. The van der Waals surface area contributed by atoms with Crippen LogP contribution < -0.4 is 10.3 Å². The number of aryl methyl sites for hydroxylation is 1. The Hall–Kier alpha value is -3.73. The quantitative estimate of drug-likeness (QED) is 0.401. The third-order valence-corrected chi connectivity index (χ3v) is 5.12. The van der Waals surface area contributed by atoms with Gasteiger partial charge in [-0.25, -0.2) is 8.78 Å². The Balaban J connectivity index is 1.48. The van der Waals surface area contributed by atoms with Crippen LogP contribution in [0.15, 0.2) is 89.7 Å². The molecule has 156 valence electrons. The normalized spacial score (nSPS) is 10.8. The summed E-state index contributed by atoms with van der Waals surface area (Å²) in [7, 11) is 0. The van der Waals surface area contributed by atoms with Gasteiger partial charge in [-0.2, -0.15) is 0 Å². The topological polar surface area (TPSA) is 31.2 Å². The van der Waals surface area contributed by atoms with E-state index in [1.165, 1.54) is 18.2 Å². The molecule has 31 heavy (non-hydrogen) atoms. The standard InChI is InChI=1S/C26H21F2NO2/c1-18-13-24(31-17-22-11-12-23(27)14-25(22)28)15-26(30)29(18)16-19-7-9-21(10-8-19)20-5-3-2-4-6-20/h2-15H,16-17H2,1H3. The largest absolute Gasteiger partial charge is 0.489 e. The van der Waals surface area contributed by atoms with Gasteiger partial charge in [0.2, 0.25) is 0 Å². The zero-order valence-corrected chi connectivity index (χ0v) is 17.0. The van der Waals surface area contributed by atoms with Crippen molar-refractivity contribution in [3.8, 4) is 16.9 Å². The smallest absolute Gasteiger partial charge is 0.254 e. The third-order valence-electron chi connectivity index (χ3n) is 5.12. The van der Waals surface area contributed by atoms with Gasteiger partial charge in [-0.3, -0.25) is 4.79 Å². The summed E-state index contributed by atoms with van der Waals surface area (Å²) in [5.41, 5.74) is 4.01. The zero-order chi connectivity index (χ0) is 21.8. The van der Waals surface area contributed by atoms with E-state index < -0.39 is 11.6 Å². The van der Waals surface area contributed by atoms with Crippen molar-refractivity contribution in [2.75, 3.05) is 0 Å². The monoisotopic (exact) mass is 417 g/mol. The van der Waals surface area contributed by atoms with Gasteiger partial charge in [-0.1, -0.05) is 54.6 Å². The van der Waals surface area contributed by atoms with E-state index in [1.54, 1.807) is 10.6 Å². The molecule has 0 radical (unpaired) electrons. The SMILES string of the molecule is Cc1cc(OCc2ccc(F)cc2F)cc(=O)n1Cc1ccc(-c2ccccc2)cc1. The lowest BCUT2D eigenvalue weighted by atomic mass is 10.0. The van der Waals surface area contributed by atoms with Crippen molar-refractivity contribution in [1.29, 1.82) is 0 Å². The lowest BCUT2D eigenvalue weighted by molar-refractivity contribution is 0.298. The van der Waals surface area contributed by atoms with Crippen molar-refractivity contribution >= 4 is 0 Å². The van der Waals surface area contributed by atoms with Crippen molar-refractivity contribution in [2.45, 2.75) is 20.1 Å². The Morgan fingerprint density at radius 3 is 2.23 bits per heavy atom. The molecular formula is C26H21F2NO2. The average molecular weight is 417 g/mol. The molecule has 3 nitrogen and oxygen atoms in total. The number of pyridine rings is 1. The highest BCUT2D eigenvalue weighted by Gasteiger charge is 2.09. The van der Waals surface area contributed by atoms with Crippen molar-refractivity contribution < 1.29 is 13.5 Å². The minimum absolute atomic E-state index is 0.0873. The number of halogens is 2. The molecule has 0 amide bonds. The van der Waals surface area contributed by atoms with Crippen LogP contribution in [0.1, 0.15) is 16.8 Å². The van der Waals surface area contributed by atoms with E-state index in [1.807, 2.05) is 49.4 Å². The predicted octanol–water partition coefficient (Wildman–Crippen LogP) is 5.73. The Morgan fingerprint density at radius 1 is 0.839 bits per heavy atom. The van der Waals surface area contributed by atoms with Gasteiger partial charge in [0.25, 0.3) is 5.56 Å². The first-order valence-corrected chi connectivity index (χ1v) is 9.92. The summed E-state index contributed by atoms with van der Waals surface area (Å²) in [6.45, 7) is 2.17. The summed E-state index contributed by atoms with van der Waals surface area (Å²) in [4.78, 5) is 12.6. The van der Waals surface area contributed by atoms with Crippen molar-refractivity contribution in [1.82, 2.24) is 4.57 Å². The number of hydrogen-bond acceptors (Lipinski definition) is 2. The molecule has 0 fully saturated rings. The van der Waals surface area contributed by atoms with Gasteiger partial charge in [0.1, 0.15) is 24.0 Å². The van der Waals surface area contributed by atoms with Crippen LogP contribution in [0.25, 0.3) is 11.1 Å². The zero-order valence-electron chi connectivity index (χ0n) is 17.0. The average Bonchev–Trinajstić information content (AvgIpc) is 2.77. The Kier molecular flexibility index (Phi) is 5.94. The number of ether oxygens (including phenoxy) is 1. The maximum Gasteiger partial charge on any atom is 0.254 e. The maximum atomic E-state index is 13.8. The lowest BCUT2D eigenvalue weighted by Crippen LogP contribution is -2.22. The first-order chi connectivity index (χ1) is 15.0. The molecule has 0 aliphatic carbocycles. The van der Waals surface area contributed by atoms with Crippen LogP contribution in [0.4, 0.5) is 8.78 Å². The molecule has 3 aromatic carbocycles. The summed E-state index contributed by atoms with van der Waals surface area (Å²) in [6, 6.07) is 24.6. The Labute approximate surface area is 179 Å². The number of nitrogens with zero attached hydrogens (tertiary/aromatic N) is 1. The van der Waals surface area contributed by atoms with E-state index >= 15 is 0 Å². The highest BCUT2D eigenvalue weighted by atomic mass is 19.1. The van der Waals surface area contributed by atoms with Crippen molar-refractivity contribution in [3.63, 3.8) is 0 Å². The van der Waals surface area contributed by atoms with Crippen LogP contribution in [-0.2, 0) is 13.2 Å². The first kappa shape index (κ1) is 20.5. The summed E-state index contributed by atoms with van der Waals surface area (Å²) in [5, 5.41) is 0. The molecule has 4 aromatic rings. The number of benzene rings is 3. The molecule has 0 bridgehead atoms. The second-order valence-electron chi connectivity index (χ2n) is 7.34. The summed E-state index contributed by atoms with van der Waals surface area (Å²) in [5.74, 6) is -0.970. The predicted molar refractivity (Wildman–Crippen MR) is 117 cm³/mol. The molecule has 1 heterocycles. The molecule has 0 saturated heterocycles. The van der Waals surface area contributed by atoms with Gasteiger partial charge in [0.05, 0.1) is 6.54 Å². The van der Waals surface area contributed by atoms with Gasteiger partial charge in [-0.05, 0) is 41.8 Å². The molecule has 0 aliphatic heterocycles. The minimum atomic E-state index is -0.677. The van der Waals surface area contributed by atoms with E-state index in [-0.39, 0.29) is 17.7 Å². The molecule has 1 aromatic heterocycles. The maximum absolute atomic E-state index is 13.8. The highest BCUT2D eigenvalue weighted by Crippen LogP contribution is 2.20. The molecule has 4 rings (SSSR count). The minimum Gasteiger partial charge on any atom is -0.489 e. The van der Waals surface area contributed by atoms with E-state index in [9.17, 15) is 13.6 Å². The molecule has 5 heteroatoms. The molecule has 0 unspecified atom stereocenters. The van der Waals surface area contributed by atoms with E-state index in [4.69, 9.17) is 4.74 Å². The fraction of sp³-hybridized carbons (Fsp3) is 0.115. The highest BCUT2D eigenvalue weighted by molar-refractivity contribution is 5.63. The Morgan fingerprint density at radius 2 is 1.55 bits per heavy atom. The first-order valence-electron chi connectivity index (χ1n) is 9.92. The number of aromatic nitrogens is 1. The second kappa shape index (κ2) is 8.96. The van der Waals surface area contributed by atoms with E-state index in [0.29, 0.717) is 12.3 Å². The van der Waals surface area contributed by atoms with Crippen molar-refractivity contribution in [2.24, 2.45) is 0 Å². The lowest BCUT2D eigenvalue weighted by Gasteiger charge is -2.13. The molecule has 0 spiro atoms. The fourth-order valence-corrected chi connectivity index (χ4v) is 3.40. The number of hydrogen-bond donors (Lipinski definition) is 0. The molecule has 0 aliphatic rings. The molecule has 0 saturated carbocycles. The third kappa shape index (κ3) is 4.89. The summed E-state index contributed by atoms with van der Waals surface area (Å²) < 4.78 is 34.0. The molecule has 0 N–H and O–H groups in total. The molecule has 0 atom stereocenters. The Bertz CT molecular complexity index is 1250. The summed E-state index contributed by atoms with van der Waals surface area (Å²) >= 11 is 0. The van der Waals surface area contributed by atoms with Crippen LogP contribution in [0.5, 0.6) is 5.75 Å². The van der Waals surface area contributed by atoms with Gasteiger partial charge >= 0.3 is 0 Å². The molecular weight excluding hydrogens is 396 g/mol. The van der Waals surface area contributed by atoms with Gasteiger partial charge in [0.15, 0.2) is 0 Å². The van der Waals surface area contributed by atoms with Gasteiger partial charge < -0.3 is 9.30 Å².